The van der Waals surface area contributed by atoms with Crippen molar-refractivity contribution in [1.29, 1.82) is 0 Å². The highest BCUT2D eigenvalue weighted by Gasteiger charge is 2.46. The number of phenols is 1. The quantitative estimate of drug-likeness (QED) is 0.574. The summed E-state index contributed by atoms with van der Waals surface area (Å²) in [7, 11) is 1.78. The van der Waals surface area contributed by atoms with Crippen LogP contribution in [0.4, 0.5) is 0 Å². The Morgan fingerprint density at radius 1 is 1.10 bits per heavy atom. The molecule has 21 heavy (non-hydrogen) atoms. The summed E-state index contributed by atoms with van der Waals surface area (Å²) in [5.41, 5.74) is 2.59. The Bertz CT molecular complexity index is 575. The van der Waals surface area contributed by atoms with E-state index in [1.54, 1.807) is 12.7 Å². The smallest absolute Gasteiger partial charge is 0.129 e. The van der Waals surface area contributed by atoms with Gasteiger partial charge in [0, 0.05) is 5.56 Å². The lowest BCUT2D eigenvalue weighted by atomic mass is 9.54. The van der Waals surface area contributed by atoms with Crippen LogP contribution in [0.25, 0.3) is 5.76 Å². The van der Waals surface area contributed by atoms with Gasteiger partial charge in [-0.1, -0.05) is 0 Å². The molecule has 4 aliphatic carbocycles. The zero-order valence-electron chi connectivity index (χ0n) is 12.3. The maximum atomic E-state index is 10.0. The molecule has 2 nitrogen and oxygen atoms in total. The number of halogens is 1. The summed E-state index contributed by atoms with van der Waals surface area (Å²) in [6.45, 7) is 0. The highest BCUT2D eigenvalue weighted by molar-refractivity contribution is 14.1. The van der Waals surface area contributed by atoms with E-state index in [0.717, 1.165) is 38.6 Å². The molecule has 0 unspecified atom stereocenters. The normalized spacial score (nSPS) is 33.3. The van der Waals surface area contributed by atoms with E-state index in [-0.39, 0.29) is 0 Å². The second kappa shape index (κ2) is 5.18. The highest BCUT2D eigenvalue weighted by Crippen LogP contribution is 2.57. The lowest BCUT2D eigenvalue weighted by Crippen LogP contribution is -2.40. The van der Waals surface area contributed by atoms with Gasteiger partial charge in [0.15, 0.2) is 0 Å². The van der Waals surface area contributed by atoms with Crippen molar-refractivity contribution in [2.75, 3.05) is 7.11 Å². The second-order valence-electron chi connectivity index (χ2n) is 6.96. The average Bonchev–Trinajstić information content (AvgIpc) is 2.45. The van der Waals surface area contributed by atoms with Crippen LogP contribution in [0.3, 0.4) is 0 Å². The maximum absolute atomic E-state index is 10.0. The predicted molar refractivity (Wildman–Crippen MR) is 91.8 cm³/mol. The van der Waals surface area contributed by atoms with Crippen molar-refractivity contribution < 1.29 is 9.84 Å². The highest BCUT2D eigenvalue weighted by atomic mass is 127. The van der Waals surface area contributed by atoms with E-state index in [2.05, 4.69) is 28.7 Å². The fourth-order valence-corrected chi connectivity index (χ4v) is 5.45. The lowest BCUT2D eigenvalue weighted by molar-refractivity contribution is 0.0675. The van der Waals surface area contributed by atoms with Gasteiger partial charge in [0.25, 0.3) is 0 Å². The standard InChI is InChI=1S/C18H21IO2/c1-21-18(12-2-3-15(19)16(20)9-12)17-13-5-10-4-11(7-13)8-14(17)6-10/h2-3,9-11,13-14,20H,4-8H2,1H3. The first kappa shape index (κ1) is 13.9. The number of phenolic OH excluding ortho intramolecular Hbond substituents is 1. The van der Waals surface area contributed by atoms with E-state index in [1.807, 2.05) is 12.1 Å². The number of hydrogen-bond donors (Lipinski definition) is 1. The van der Waals surface area contributed by atoms with Crippen LogP contribution in [0.2, 0.25) is 0 Å². The van der Waals surface area contributed by atoms with E-state index >= 15 is 0 Å². The van der Waals surface area contributed by atoms with Crippen molar-refractivity contribution in [2.24, 2.45) is 23.7 Å². The Morgan fingerprint density at radius 2 is 1.71 bits per heavy atom. The largest absolute Gasteiger partial charge is 0.507 e. The minimum absolute atomic E-state index is 0.354. The van der Waals surface area contributed by atoms with Gasteiger partial charge in [-0.3, -0.25) is 0 Å². The number of allylic oxidation sites excluding steroid dienone is 1. The third kappa shape index (κ3) is 2.28. The van der Waals surface area contributed by atoms with Gasteiger partial charge in [0.2, 0.25) is 0 Å². The van der Waals surface area contributed by atoms with Crippen molar-refractivity contribution in [2.45, 2.75) is 32.1 Å². The Hall–Kier alpha value is -0.710. The predicted octanol–water partition coefficient (Wildman–Crippen LogP) is 4.81. The number of rotatable bonds is 2. The monoisotopic (exact) mass is 396 g/mol. The molecule has 0 saturated heterocycles. The molecule has 0 spiro atoms. The van der Waals surface area contributed by atoms with E-state index in [0.29, 0.717) is 5.75 Å². The van der Waals surface area contributed by atoms with Crippen LogP contribution in [0.15, 0.2) is 23.8 Å². The van der Waals surface area contributed by atoms with Gasteiger partial charge in [0.05, 0.1) is 10.7 Å². The molecule has 4 bridgehead atoms. The van der Waals surface area contributed by atoms with Crippen LogP contribution in [-0.4, -0.2) is 12.2 Å². The van der Waals surface area contributed by atoms with Gasteiger partial charge < -0.3 is 9.84 Å². The average molecular weight is 396 g/mol. The summed E-state index contributed by atoms with van der Waals surface area (Å²) in [4.78, 5) is 0. The molecule has 0 amide bonds. The van der Waals surface area contributed by atoms with Gasteiger partial charge >= 0.3 is 0 Å². The van der Waals surface area contributed by atoms with E-state index in [4.69, 9.17) is 4.74 Å². The summed E-state index contributed by atoms with van der Waals surface area (Å²) in [6, 6.07) is 5.91. The molecule has 0 radical (unpaired) electrons. The van der Waals surface area contributed by atoms with Crippen molar-refractivity contribution in [3.05, 3.63) is 32.9 Å². The van der Waals surface area contributed by atoms with Crippen LogP contribution in [0.5, 0.6) is 5.75 Å². The molecular formula is C18H21IO2. The topological polar surface area (TPSA) is 29.5 Å². The van der Waals surface area contributed by atoms with Crippen LogP contribution >= 0.6 is 22.6 Å². The molecule has 1 aromatic carbocycles. The molecule has 1 aromatic rings. The molecule has 0 atom stereocenters. The second-order valence-corrected chi connectivity index (χ2v) is 8.12. The molecule has 0 heterocycles. The first-order valence-corrected chi connectivity index (χ1v) is 9.00. The summed E-state index contributed by atoms with van der Waals surface area (Å²) in [5.74, 6) is 4.75. The van der Waals surface area contributed by atoms with E-state index in [9.17, 15) is 5.11 Å². The van der Waals surface area contributed by atoms with Crippen LogP contribution in [-0.2, 0) is 4.74 Å². The number of benzene rings is 1. The molecule has 3 heteroatoms. The van der Waals surface area contributed by atoms with Crippen LogP contribution in [0, 0.1) is 27.2 Å². The first-order chi connectivity index (χ1) is 10.2. The molecule has 1 N–H and O–H groups in total. The van der Waals surface area contributed by atoms with Gasteiger partial charge in [-0.15, -0.1) is 0 Å². The summed E-state index contributed by atoms with van der Waals surface area (Å²) < 4.78 is 6.71. The molecule has 4 saturated carbocycles. The molecule has 4 fully saturated rings. The van der Waals surface area contributed by atoms with E-state index in [1.165, 1.54) is 32.1 Å². The number of aromatic hydroxyl groups is 1. The van der Waals surface area contributed by atoms with Crippen molar-refractivity contribution in [1.82, 2.24) is 0 Å². The third-order valence-electron chi connectivity index (χ3n) is 5.69. The van der Waals surface area contributed by atoms with Crippen LogP contribution in [0.1, 0.15) is 37.7 Å². The van der Waals surface area contributed by atoms with Crippen molar-refractivity contribution in [3.8, 4) is 5.75 Å². The molecule has 5 rings (SSSR count). The first-order valence-electron chi connectivity index (χ1n) is 7.92. The minimum atomic E-state index is 0.354. The van der Waals surface area contributed by atoms with Gasteiger partial charge in [-0.05, 0) is 102 Å². The molecule has 0 aromatic heterocycles. The molecule has 112 valence electrons. The van der Waals surface area contributed by atoms with Crippen molar-refractivity contribution in [3.63, 3.8) is 0 Å². The SMILES string of the molecule is COC(=C1C2CC3CC(C2)CC1C3)c1ccc(I)c(O)c1. The fourth-order valence-electron chi connectivity index (χ4n) is 5.12. The summed E-state index contributed by atoms with van der Waals surface area (Å²) in [6.07, 6.45) is 6.88. The Morgan fingerprint density at radius 3 is 2.24 bits per heavy atom. The molecule has 4 aliphatic rings. The van der Waals surface area contributed by atoms with E-state index < -0.39 is 0 Å². The summed E-state index contributed by atoms with van der Waals surface area (Å²) >= 11 is 2.16. The van der Waals surface area contributed by atoms with Gasteiger partial charge in [-0.25, -0.2) is 0 Å². The fraction of sp³-hybridized carbons (Fsp3) is 0.556. The Labute approximate surface area is 139 Å². The lowest BCUT2D eigenvalue weighted by Gasteiger charge is -2.51. The third-order valence-corrected chi connectivity index (χ3v) is 6.60. The molecule has 0 aliphatic heterocycles. The zero-order chi connectivity index (χ0) is 14.6. The Kier molecular flexibility index (Phi) is 3.43. The van der Waals surface area contributed by atoms with Crippen molar-refractivity contribution >= 4 is 28.4 Å². The number of ether oxygens (including phenoxy) is 1. The minimum Gasteiger partial charge on any atom is -0.507 e. The van der Waals surface area contributed by atoms with Crippen LogP contribution < -0.4 is 0 Å². The van der Waals surface area contributed by atoms with Gasteiger partial charge in [-0.2, -0.15) is 0 Å². The molecular weight excluding hydrogens is 375 g/mol. The maximum Gasteiger partial charge on any atom is 0.129 e. The summed E-state index contributed by atoms with van der Waals surface area (Å²) in [5, 5.41) is 10.0. The number of methoxy groups -OCH3 is 1. The zero-order valence-corrected chi connectivity index (χ0v) is 14.5. The Balaban J connectivity index is 1.79. The van der Waals surface area contributed by atoms with Gasteiger partial charge in [0.1, 0.15) is 11.5 Å². The number of hydrogen-bond acceptors (Lipinski definition) is 2.